The number of ether oxygens (including phenoxy) is 1. The van der Waals surface area contributed by atoms with E-state index in [1.165, 1.54) is 11.1 Å². The Morgan fingerprint density at radius 1 is 1.16 bits per heavy atom. The molecule has 13 nitrogen and oxygen atoms in total. The van der Waals surface area contributed by atoms with Crippen LogP contribution in [0.25, 0.3) is 11.2 Å². The average molecular weight is 589 g/mol. The Labute approximate surface area is 248 Å². The molecule has 0 saturated carbocycles. The Balaban J connectivity index is 1.38. The van der Waals surface area contributed by atoms with E-state index in [9.17, 15) is 15.0 Å². The van der Waals surface area contributed by atoms with Gasteiger partial charge in [0.05, 0.1) is 5.69 Å². The van der Waals surface area contributed by atoms with Gasteiger partial charge in [-0.25, -0.2) is 9.97 Å². The molecule has 2 aromatic heterocycles. The topological polar surface area (TPSA) is 182 Å². The Hall–Kier alpha value is -4.14. The van der Waals surface area contributed by atoms with Crippen LogP contribution in [-0.2, 0) is 16.0 Å². The zero-order chi connectivity index (χ0) is 30.0. The van der Waals surface area contributed by atoms with Crippen LogP contribution in [0.4, 0.5) is 5.95 Å². The van der Waals surface area contributed by atoms with Crippen molar-refractivity contribution in [3.05, 3.63) is 83.8 Å². The van der Waals surface area contributed by atoms with Gasteiger partial charge in [0.2, 0.25) is 11.6 Å². The molecule has 0 bridgehead atoms. The van der Waals surface area contributed by atoms with Crippen LogP contribution < -0.4 is 26.5 Å². The molecule has 4 aromatic rings. The summed E-state index contributed by atoms with van der Waals surface area (Å²) in [6, 6.07) is 20.5. The van der Waals surface area contributed by atoms with E-state index in [2.05, 4.69) is 45.2 Å². The quantitative estimate of drug-likeness (QED) is 0.140. The van der Waals surface area contributed by atoms with Crippen molar-refractivity contribution >= 4 is 23.0 Å². The molecule has 0 spiro atoms. The molecule has 7 N–H and O–H groups in total. The first kappa shape index (κ1) is 29.0. The lowest BCUT2D eigenvalue weighted by Crippen LogP contribution is -2.58. The highest BCUT2D eigenvalue weighted by Crippen LogP contribution is 2.32. The van der Waals surface area contributed by atoms with E-state index in [0.717, 1.165) is 30.6 Å². The van der Waals surface area contributed by atoms with Crippen LogP contribution in [0.3, 0.4) is 0 Å². The number of likely N-dealkylation sites (N-methyl/N-ethyl adjacent to an activating group) is 1. The van der Waals surface area contributed by atoms with Crippen LogP contribution >= 0.6 is 0 Å². The molecule has 2 aromatic carbocycles. The fraction of sp³-hybridized carbons (Fsp3) is 0.400. The van der Waals surface area contributed by atoms with Gasteiger partial charge in [-0.05, 0) is 31.0 Å². The second-order valence-electron chi connectivity index (χ2n) is 10.8. The molecule has 1 unspecified atom stereocenters. The smallest absolute Gasteiger partial charge is 0.320 e. The minimum absolute atomic E-state index is 0.0265. The van der Waals surface area contributed by atoms with Gasteiger partial charge in [0, 0.05) is 31.5 Å². The van der Waals surface area contributed by atoms with Crippen LogP contribution in [0.15, 0.2) is 67.0 Å². The predicted octanol–water partition coefficient (Wildman–Crippen LogP) is 0.273. The van der Waals surface area contributed by atoms with Gasteiger partial charge >= 0.3 is 5.91 Å². The maximum absolute atomic E-state index is 12.4. The van der Waals surface area contributed by atoms with E-state index < -0.39 is 30.1 Å². The Bertz CT molecular complexity index is 1510. The zero-order valence-electron chi connectivity index (χ0n) is 23.8. The number of imidazole rings is 1. The lowest BCUT2D eigenvalue weighted by Gasteiger charge is -2.27. The summed E-state index contributed by atoms with van der Waals surface area (Å²) < 4.78 is 6.78. The van der Waals surface area contributed by atoms with Crippen LogP contribution in [0, 0.1) is 0 Å². The van der Waals surface area contributed by atoms with E-state index in [1.807, 2.05) is 36.4 Å². The molecule has 226 valence electrons. The van der Waals surface area contributed by atoms with E-state index >= 15 is 0 Å². The number of anilines is 1. The number of rotatable bonds is 10. The molecule has 2 aliphatic heterocycles. The summed E-state index contributed by atoms with van der Waals surface area (Å²) in [6.45, 7) is 3.70. The van der Waals surface area contributed by atoms with E-state index in [1.54, 1.807) is 6.92 Å². The summed E-state index contributed by atoms with van der Waals surface area (Å²) in [6.07, 6.45) is -1.99. The third-order valence-corrected chi connectivity index (χ3v) is 7.84. The molecule has 0 radical (unpaired) electrons. The van der Waals surface area contributed by atoms with Crippen molar-refractivity contribution in [3.63, 3.8) is 0 Å². The minimum Gasteiger partial charge on any atom is -0.387 e. The van der Waals surface area contributed by atoms with Crippen LogP contribution in [0.5, 0.6) is 0 Å². The van der Waals surface area contributed by atoms with Crippen LogP contribution in [0.1, 0.15) is 36.1 Å². The van der Waals surface area contributed by atoms with E-state index in [4.69, 9.17) is 25.3 Å². The summed E-state index contributed by atoms with van der Waals surface area (Å²) in [5.41, 5.74) is 9.98. The van der Waals surface area contributed by atoms with Crippen molar-refractivity contribution in [1.29, 1.82) is 0 Å². The number of amides is 1. The maximum Gasteiger partial charge on any atom is 0.320 e. The molecule has 2 fully saturated rings. The van der Waals surface area contributed by atoms with Gasteiger partial charge in [0.25, 0.3) is 5.91 Å². The van der Waals surface area contributed by atoms with Crippen molar-refractivity contribution in [2.24, 2.45) is 5.73 Å². The van der Waals surface area contributed by atoms with Crippen molar-refractivity contribution in [2.45, 2.75) is 55.9 Å². The number of aliphatic hydroxyl groups excluding tert-OH is 2. The predicted molar refractivity (Wildman–Crippen MR) is 158 cm³/mol. The number of nitrogens with zero attached hydrogens (tertiary/aromatic N) is 4. The largest absolute Gasteiger partial charge is 0.387 e. The first-order valence-corrected chi connectivity index (χ1v) is 14.5. The molecule has 0 aliphatic carbocycles. The lowest BCUT2D eigenvalue weighted by atomic mass is 9.87. The molecule has 5 atom stereocenters. The van der Waals surface area contributed by atoms with Gasteiger partial charge in [0.1, 0.15) is 17.9 Å². The molecular formula is C30H36N8O5. The first-order valence-electron chi connectivity index (χ1n) is 14.5. The Morgan fingerprint density at radius 3 is 2.49 bits per heavy atom. The molecule has 1 amide bonds. The maximum atomic E-state index is 12.4. The lowest BCUT2D eigenvalue weighted by molar-refractivity contribution is -0.251. The third kappa shape index (κ3) is 5.90. The highest BCUT2D eigenvalue weighted by Gasteiger charge is 2.57. The number of fused-ring (bicyclic) bond motifs is 1. The highest BCUT2D eigenvalue weighted by molar-refractivity contribution is 5.82. The van der Waals surface area contributed by atoms with Gasteiger partial charge < -0.3 is 35.7 Å². The fourth-order valence-electron chi connectivity index (χ4n) is 5.62. The van der Waals surface area contributed by atoms with Crippen molar-refractivity contribution in [1.82, 2.24) is 30.3 Å². The van der Waals surface area contributed by atoms with Crippen molar-refractivity contribution < 1.29 is 24.6 Å². The number of hydrogen-bond donors (Lipinski definition) is 6. The molecular weight excluding hydrogens is 552 g/mol. The second-order valence-corrected chi connectivity index (χ2v) is 10.8. The van der Waals surface area contributed by atoms with E-state index in [0.29, 0.717) is 30.1 Å². The summed E-state index contributed by atoms with van der Waals surface area (Å²) >= 11 is 0. The molecule has 13 heteroatoms. The average Bonchev–Trinajstić information content (AvgIpc) is 3.73. The number of carbonyl (C=O) groups is 1. The number of aromatic nitrogens is 4. The Morgan fingerprint density at radius 2 is 1.86 bits per heavy atom. The van der Waals surface area contributed by atoms with Gasteiger partial charge in [-0.3, -0.25) is 10.5 Å². The normalized spacial score (nSPS) is 25.3. The number of nitrogens with two attached hydrogens (primary N) is 1. The van der Waals surface area contributed by atoms with Gasteiger partial charge in [-0.15, -0.1) is 4.73 Å². The molecule has 2 saturated heterocycles. The summed E-state index contributed by atoms with van der Waals surface area (Å²) in [7, 11) is 0. The number of hydrogen-bond acceptors (Lipinski definition) is 11. The van der Waals surface area contributed by atoms with Gasteiger partial charge in [-0.1, -0.05) is 60.7 Å². The minimum atomic E-state index is -2.26. The van der Waals surface area contributed by atoms with Crippen LogP contribution in [-0.4, -0.2) is 85.7 Å². The fourth-order valence-corrected chi connectivity index (χ4v) is 5.62. The SMILES string of the molecule is CCNC(=O)[C@H]1O[C@@](N)(On2cnc3c(CC(c4ccccc4)c4ccccc4)nc(NC4CCNC4)nc32)[C@H](O)[C@@H]1O. The summed E-state index contributed by atoms with van der Waals surface area (Å²) in [5.74, 6) is -2.51. The third-order valence-electron chi connectivity index (χ3n) is 7.84. The molecule has 4 heterocycles. The Kier molecular flexibility index (Phi) is 8.23. The highest BCUT2D eigenvalue weighted by atomic mass is 16.8. The first-order chi connectivity index (χ1) is 20.9. The summed E-state index contributed by atoms with van der Waals surface area (Å²) in [4.78, 5) is 32.5. The number of benzene rings is 2. The summed E-state index contributed by atoms with van der Waals surface area (Å²) in [5, 5.41) is 30.6. The number of carbonyl (C=O) groups excluding carboxylic acids is 1. The molecule has 6 rings (SSSR count). The van der Waals surface area contributed by atoms with Crippen LogP contribution in [0.2, 0.25) is 0 Å². The monoisotopic (exact) mass is 588 g/mol. The standard InChI is InChI=1S/C30H36N8O5/c1-2-33-28(41)25-24(39)26(40)30(31,42-25)43-38-17-34-23-22(36-29(37-27(23)38)35-20-13-14-32-16-20)15-21(18-9-5-3-6-10-18)19-11-7-4-8-12-19/h3-12,17,20-21,24-26,32,39-40H,2,13-16,31H2,1H3,(H,33,41)(H,35,36,37)/t20?,24-,25+,26-,30-/m1/s1. The van der Waals surface area contributed by atoms with Gasteiger partial charge in [-0.2, -0.15) is 4.98 Å². The number of aliphatic hydroxyl groups is 2. The number of nitrogens with one attached hydrogen (secondary N) is 3. The second kappa shape index (κ2) is 12.2. The van der Waals surface area contributed by atoms with Crippen molar-refractivity contribution in [3.8, 4) is 0 Å². The zero-order valence-corrected chi connectivity index (χ0v) is 23.8. The molecule has 2 aliphatic rings. The van der Waals surface area contributed by atoms with Crippen molar-refractivity contribution in [2.75, 3.05) is 25.0 Å². The molecule has 43 heavy (non-hydrogen) atoms. The van der Waals surface area contributed by atoms with E-state index in [-0.39, 0.29) is 17.6 Å². The van der Waals surface area contributed by atoms with Gasteiger partial charge in [0.15, 0.2) is 12.2 Å².